The van der Waals surface area contributed by atoms with Gasteiger partial charge in [-0.05, 0) is 30.0 Å². The van der Waals surface area contributed by atoms with Crippen molar-refractivity contribution >= 4 is 17.6 Å². The number of carbonyl (C=O) groups is 2. The maximum atomic E-state index is 12.6. The van der Waals surface area contributed by atoms with Crippen LogP contribution in [-0.4, -0.2) is 18.0 Å². The molecule has 148 valence electrons. The maximum absolute atomic E-state index is 12.6. The summed E-state index contributed by atoms with van der Waals surface area (Å²) in [7, 11) is 0. The molecule has 0 saturated carbocycles. The van der Waals surface area contributed by atoms with E-state index in [1.807, 2.05) is 91.9 Å². The van der Waals surface area contributed by atoms with Gasteiger partial charge in [0.25, 0.3) is 5.91 Å². The van der Waals surface area contributed by atoms with Gasteiger partial charge in [0, 0.05) is 11.3 Å². The van der Waals surface area contributed by atoms with Gasteiger partial charge in [-0.1, -0.05) is 85.8 Å². The van der Waals surface area contributed by atoms with E-state index >= 15 is 0 Å². The predicted octanol–water partition coefficient (Wildman–Crippen LogP) is 5.42. The predicted molar refractivity (Wildman–Crippen MR) is 116 cm³/mol. The topological polar surface area (TPSA) is 55.4 Å². The zero-order valence-corrected chi connectivity index (χ0v) is 16.7. The fraction of sp³-hybridized carbons (Fsp3) is 0.200. The Morgan fingerprint density at radius 3 is 2.10 bits per heavy atom. The van der Waals surface area contributed by atoms with Crippen molar-refractivity contribution in [2.45, 2.75) is 32.3 Å². The van der Waals surface area contributed by atoms with Gasteiger partial charge in [-0.15, -0.1) is 0 Å². The summed E-state index contributed by atoms with van der Waals surface area (Å²) in [4.78, 5) is 24.9. The van der Waals surface area contributed by atoms with Crippen LogP contribution in [0, 0.1) is 0 Å². The number of hydrogen-bond acceptors (Lipinski definition) is 3. The number of amides is 1. The van der Waals surface area contributed by atoms with Gasteiger partial charge in [-0.3, -0.25) is 9.59 Å². The van der Waals surface area contributed by atoms with E-state index in [9.17, 15) is 9.59 Å². The molecule has 4 heteroatoms. The van der Waals surface area contributed by atoms with Crippen LogP contribution in [0.25, 0.3) is 11.1 Å². The molecule has 0 saturated heterocycles. The van der Waals surface area contributed by atoms with Gasteiger partial charge in [0.1, 0.15) is 0 Å². The minimum absolute atomic E-state index is 0.0257. The molecule has 29 heavy (non-hydrogen) atoms. The molecule has 3 rings (SSSR count). The largest absolute Gasteiger partial charge is 0.453 e. The molecule has 0 radical (unpaired) electrons. The van der Waals surface area contributed by atoms with Crippen molar-refractivity contribution in [2.75, 3.05) is 5.32 Å². The van der Waals surface area contributed by atoms with Crippen LogP contribution in [0.4, 0.5) is 5.69 Å². The first-order valence-corrected chi connectivity index (χ1v) is 9.74. The van der Waals surface area contributed by atoms with E-state index in [-0.39, 0.29) is 24.2 Å². The molecule has 0 bridgehead atoms. The highest BCUT2D eigenvalue weighted by Crippen LogP contribution is 2.27. The molecule has 0 unspecified atom stereocenters. The number of nitrogens with one attached hydrogen (secondary N) is 1. The first kappa shape index (κ1) is 20.3. The molecule has 0 spiro atoms. The molecule has 0 fully saturated rings. The number of para-hydroxylation sites is 1. The molecule has 0 aliphatic heterocycles. The maximum Gasteiger partial charge on any atom is 0.307 e. The lowest BCUT2D eigenvalue weighted by Crippen LogP contribution is -2.30. The average molecular weight is 387 g/mol. The second kappa shape index (κ2) is 9.69. The zero-order chi connectivity index (χ0) is 20.6. The molecule has 2 atom stereocenters. The van der Waals surface area contributed by atoms with Gasteiger partial charge in [0.15, 0.2) is 6.10 Å². The third-order valence-electron chi connectivity index (χ3n) is 4.79. The Morgan fingerprint density at radius 2 is 1.41 bits per heavy atom. The first-order valence-electron chi connectivity index (χ1n) is 9.74. The molecule has 1 N–H and O–H groups in total. The van der Waals surface area contributed by atoms with Crippen molar-refractivity contribution in [2.24, 2.45) is 0 Å². The Bertz CT molecular complexity index is 954. The van der Waals surface area contributed by atoms with Crippen LogP contribution >= 0.6 is 0 Å². The Labute approximate surface area is 171 Å². The van der Waals surface area contributed by atoms with E-state index in [0.29, 0.717) is 5.69 Å². The highest BCUT2D eigenvalue weighted by Gasteiger charge is 2.21. The average Bonchev–Trinajstić information content (AvgIpc) is 2.75. The van der Waals surface area contributed by atoms with Crippen molar-refractivity contribution in [3.8, 4) is 11.1 Å². The van der Waals surface area contributed by atoms with Gasteiger partial charge in [0.2, 0.25) is 0 Å². The van der Waals surface area contributed by atoms with Gasteiger partial charge < -0.3 is 10.1 Å². The lowest BCUT2D eigenvalue weighted by molar-refractivity contribution is -0.153. The molecular formula is C25H25NO3. The number of hydrogen-bond donors (Lipinski definition) is 1. The van der Waals surface area contributed by atoms with Gasteiger partial charge in [-0.2, -0.15) is 0 Å². The van der Waals surface area contributed by atoms with E-state index in [1.54, 1.807) is 6.92 Å². The van der Waals surface area contributed by atoms with E-state index in [2.05, 4.69) is 5.32 Å². The number of benzene rings is 3. The van der Waals surface area contributed by atoms with Crippen molar-refractivity contribution < 1.29 is 14.3 Å². The number of anilines is 1. The molecular weight excluding hydrogens is 362 g/mol. The van der Waals surface area contributed by atoms with Gasteiger partial charge in [0.05, 0.1) is 6.42 Å². The summed E-state index contributed by atoms with van der Waals surface area (Å²) in [5.41, 5.74) is 3.67. The Hall–Kier alpha value is -3.40. The number of esters is 1. The summed E-state index contributed by atoms with van der Waals surface area (Å²) in [5, 5.41) is 2.88. The molecule has 1 amide bonds. The Balaban J connectivity index is 1.61. The van der Waals surface area contributed by atoms with E-state index in [0.717, 1.165) is 16.7 Å². The fourth-order valence-corrected chi connectivity index (χ4v) is 3.14. The van der Waals surface area contributed by atoms with Crippen LogP contribution in [0.15, 0.2) is 84.9 Å². The lowest BCUT2D eigenvalue weighted by atomic mass is 9.98. The molecule has 0 aliphatic carbocycles. The molecule has 3 aromatic rings. The summed E-state index contributed by atoms with van der Waals surface area (Å²) >= 11 is 0. The number of ether oxygens (including phenoxy) is 1. The third kappa shape index (κ3) is 5.55. The molecule has 4 nitrogen and oxygen atoms in total. The van der Waals surface area contributed by atoms with Crippen LogP contribution < -0.4 is 5.32 Å². The van der Waals surface area contributed by atoms with E-state index in [4.69, 9.17) is 4.74 Å². The summed E-state index contributed by atoms with van der Waals surface area (Å²) in [6.07, 6.45) is -0.656. The normalized spacial score (nSPS) is 12.6. The summed E-state index contributed by atoms with van der Waals surface area (Å²) in [5.74, 6) is -0.716. The Morgan fingerprint density at radius 1 is 0.828 bits per heavy atom. The summed E-state index contributed by atoms with van der Waals surface area (Å²) < 4.78 is 5.37. The van der Waals surface area contributed by atoms with Crippen molar-refractivity contribution in [1.82, 2.24) is 0 Å². The standard InChI is InChI=1S/C25H25NO3/c1-18(20-11-5-3-6-12-20)17-24(27)29-19(2)25(28)26-23-16-10-9-15-22(23)21-13-7-4-8-14-21/h3-16,18-19H,17H2,1-2H3,(H,26,28)/t18-,19+/m1/s1. The third-order valence-corrected chi connectivity index (χ3v) is 4.79. The van der Waals surface area contributed by atoms with Gasteiger partial charge in [-0.25, -0.2) is 0 Å². The van der Waals surface area contributed by atoms with Crippen LogP contribution in [0.1, 0.15) is 31.7 Å². The zero-order valence-electron chi connectivity index (χ0n) is 16.7. The van der Waals surface area contributed by atoms with Crippen LogP contribution in [0.5, 0.6) is 0 Å². The molecule has 3 aromatic carbocycles. The molecule has 0 aliphatic rings. The second-order valence-corrected chi connectivity index (χ2v) is 7.05. The highest BCUT2D eigenvalue weighted by molar-refractivity contribution is 5.98. The second-order valence-electron chi connectivity index (χ2n) is 7.05. The van der Waals surface area contributed by atoms with E-state index < -0.39 is 6.10 Å². The smallest absolute Gasteiger partial charge is 0.307 e. The van der Waals surface area contributed by atoms with E-state index in [1.165, 1.54) is 0 Å². The van der Waals surface area contributed by atoms with Crippen LogP contribution in [0.3, 0.4) is 0 Å². The number of rotatable bonds is 7. The SMILES string of the molecule is C[C@H](OC(=O)C[C@@H](C)c1ccccc1)C(=O)Nc1ccccc1-c1ccccc1. The molecule has 0 aromatic heterocycles. The van der Waals surface area contributed by atoms with Crippen molar-refractivity contribution in [3.63, 3.8) is 0 Å². The van der Waals surface area contributed by atoms with Crippen LogP contribution in [-0.2, 0) is 14.3 Å². The summed E-state index contributed by atoms with van der Waals surface area (Å²) in [6.45, 7) is 3.56. The Kier molecular flexibility index (Phi) is 6.80. The van der Waals surface area contributed by atoms with Crippen molar-refractivity contribution in [1.29, 1.82) is 0 Å². The first-order chi connectivity index (χ1) is 14.0. The number of carbonyl (C=O) groups excluding carboxylic acids is 2. The minimum Gasteiger partial charge on any atom is -0.453 e. The van der Waals surface area contributed by atoms with Gasteiger partial charge >= 0.3 is 5.97 Å². The monoisotopic (exact) mass is 387 g/mol. The highest BCUT2D eigenvalue weighted by atomic mass is 16.5. The minimum atomic E-state index is -0.880. The van der Waals surface area contributed by atoms with Crippen molar-refractivity contribution in [3.05, 3.63) is 90.5 Å². The fourth-order valence-electron chi connectivity index (χ4n) is 3.14. The van der Waals surface area contributed by atoms with Crippen LogP contribution in [0.2, 0.25) is 0 Å². The molecule has 0 heterocycles. The summed E-state index contributed by atoms with van der Waals surface area (Å²) in [6, 6.07) is 27.2. The quantitative estimate of drug-likeness (QED) is 0.551. The lowest BCUT2D eigenvalue weighted by Gasteiger charge is -2.17.